The Morgan fingerprint density at radius 2 is 2.13 bits per heavy atom. The smallest absolute Gasteiger partial charge is 0.227 e. The highest BCUT2D eigenvalue weighted by Crippen LogP contribution is 2.26. The number of nitrogens with two attached hydrogens (primary N) is 1. The zero-order chi connectivity index (χ0) is 14.8. The molecule has 8 heteroatoms. The van der Waals surface area contributed by atoms with Gasteiger partial charge in [0.2, 0.25) is 5.91 Å². The van der Waals surface area contributed by atoms with E-state index in [0.29, 0.717) is 17.8 Å². The van der Waals surface area contributed by atoms with E-state index in [4.69, 9.17) is 5.73 Å². The first-order valence-corrected chi connectivity index (χ1v) is 6.99. The molecule has 1 aromatic carbocycles. The minimum Gasteiger partial charge on any atom is -0.328 e. The minimum atomic E-state index is -0.431. The van der Waals surface area contributed by atoms with Crippen LogP contribution in [0.25, 0.3) is 5.69 Å². The maximum atomic E-state index is 14.1. The summed E-state index contributed by atoms with van der Waals surface area (Å²) in [6.45, 7) is 0. The van der Waals surface area contributed by atoms with E-state index in [0.717, 1.165) is 12.8 Å². The number of benzene rings is 1. The Balaban J connectivity index is 0.00000132. The first-order chi connectivity index (χ1) is 10.1. The lowest BCUT2D eigenvalue weighted by atomic mass is 10.1. The monoisotopic (exact) mass is 360 g/mol. The van der Waals surface area contributed by atoms with Gasteiger partial charge < -0.3 is 11.1 Å². The second-order valence-electron chi connectivity index (χ2n) is 5.38. The number of nitrogens with one attached hydrogen (secondary N) is 1. The number of carbonyl (C=O) groups is 1. The standard InChI is InChI=1S/C15H17FN4O.2ClH/c16-13-9-12(4-5-14(13)20-7-1-6-18-20)19-15(21)10-2-3-11(17)8-10;;/h1,4-7,9-11H,2-3,8,17H2,(H,19,21);2*1H. The van der Waals surface area contributed by atoms with Gasteiger partial charge in [0.15, 0.2) is 5.82 Å². The molecule has 1 heterocycles. The minimum absolute atomic E-state index is 0. The van der Waals surface area contributed by atoms with Crippen LogP contribution in [0.5, 0.6) is 0 Å². The van der Waals surface area contributed by atoms with Crippen LogP contribution in [0, 0.1) is 11.7 Å². The molecule has 0 spiro atoms. The van der Waals surface area contributed by atoms with Gasteiger partial charge in [0.05, 0.1) is 0 Å². The maximum Gasteiger partial charge on any atom is 0.227 e. The van der Waals surface area contributed by atoms with Crippen LogP contribution >= 0.6 is 24.8 Å². The summed E-state index contributed by atoms with van der Waals surface area (Å²) in [7, 11) is 0. The molecule has 3 rings (SSSR count). The molecule has 1 amide bonds. The molecule has 1 aliphatic carbocycles. The first kappa shape index (κ1) is 19.4. The van der Waals surface area contributed by atoms with Crippen molar-refractivity contribution in [3.63, 3.8) is 0 Å². The molecule has 0 bridgehead atoms. The average Bonchev–Trinajstić information content (AvgIpc) is 3.10. The van der Waals surface area contributed by atoms with Crippen molar-refractivity contribution in [3.8, 4) is 5.69 Å². The van der Waals surface area contributed by atoms with Crippen LogP contribution in [-0.2, 0) is 4.79 Å². The molecular weight excluding hydrogens is 342 g/mol. The third-order valence-electron chi connectivity index (χ3n) is 3.81. The third-order valence-corrected chi connectivity index (χ3v) is 3.81. The Labute approximate surface area is 146 Å². The summed E-state index contributed by atoms with van der Waals surface area (Å²) < 4.78 is 15.5. The highest BCUT2D eigenvalue weighted by molar-refractivity contribution is 5.92. The summed E-state index contributed by atoms with van der Waals surface area (Å²) >= 11 is 0. The number of hydrogen-bond acceptors (Lipinski definition) is 3. The molecular formula is C15H19Cl2FN4O. The Bertz CT molecular complexity index is 651. The zero-order valence-electron chi connectivity index (χ0n) is 12.3. The molecule has 23 heavy (non-hydrogen) atoms. The normalized spacial score (nSPS) is 19.6. The number of hydrogen-bond donors (Lipinski definition) is 2. The number of carbonyl (C=O) groups excluding carboxylic acids is 1. The van der Waals surface area contributed by atoms with Gasteiger partial charge in [0, 0.05) is 30.0 Å². The van der Waals surface area contributed by atoms with Crippen LogP contribution in [0.4, 0.5) is 10.1 Å². The van der Waals surface area contributed by atoms with E-state index in [1.165, 1.54) is 10.7 Å². The van der Waals surface area contributed by atoms with Gasteiger partial charge in [0.25, 0.3) is 0 Å². The Kier molecular flexibility index (Phi) is 7.00. The van der Waals surface area contributed by atoms with Crippen molar-refractivity contribution < 1.29 is 9.18 Å². The fraction of sp³-hybridized carbons (Fsp3) is 0.333. The molecule has 1 aliphatic rings. The number of amides is 1. The molecule has 0 saturated heterocycles. The summed E-state index contributed by atoms with van der Waals surface area (Å²) in [4.78, 5) is 12.1. The second kappa shape index (κ2) is 8.29. The van der Waals surface area contributed by atoms with Crippen LogP contribution < -0.4 is 11.1 Å². The molecule has 2 aromatic rings. The lowest BCUT2D eigenvalue weighted by Gasteiger charge is -2.12. The fourth-order valence-electron chi connectivity index (χ4n) is 2.68. The van der Waals surface area contributed by atoms with Crippen molar-refractivity contribution in [3.05, 3.63) is 42.5 Å². The molecule has 0 aliphatic heterocycles. The Morgan fingerprint density at radius 1 is 1.35 bits per heavy atom. The van der Waals surface area contributed by atoms with Gasteiger partial charge in [-0.15, -0.1) is 24.8 Å². The maximum absolute atomic E-state index is 14.1. The summed E-state index contributed by atoms with van der Waals surface area (Å²) in [5, 5.41) is 6.74. The van der Waals surface area contributed by atoms with Crippen LogP contribution in [0.3, 0.4) is 0 Å². The topological polar surface area (TPSA) is 72.9 Å². The van der Waals surface area contributed by atoms with Crippen LogP contribution in [-0.4, -0.2) is 21.7 Å². The van der Waals surface area contributed by atoms with Gasteiger partial charge in [0.1, 0.15) is 5.69 Å². The van der Waals surface area contributed by atoms with Gasteiger partial charge in [-0.3, -0.25) is 4.79 Å². The molecule has 126 valence electrons. The van der Waals surface area contributed by atoms with Crippen molar-refractivity contribution in [1.82, 2.24) is 9.78 Å². The van der Waals surface area contributed by atoms with Crippen molar-refractivity contribution in [2.24, 2.45) is 11.7 Å². The first-order valence-electron chi connectivity index (χ1n) is 6.99. The lowest BCUT2D eigenvalue weighted by Crippen LogP contribution is -2.23. The van der Waals surface area contributed by atoms with Crippen molar-refractivity contribution in [2.45, 2.75) is 25.3 Å². The number of halogens is 3. The summed E-state index contributed by atoms with van der Waals surface area (Å²) in [6, 6.07) is 6.40. The lowest BCUT2D eigenvalue weighted by molar-refractivity contribution is -0.119. The summed E-state index contributed by atoms with van der Waals surface area (Å²) in [5.74, 6) is -0.595. The highest BCUT2D eigenvalue weighted by atomic mass is 35.5. The van der Waals surface area contributed by atoms with Gasteiger partial charge in [-0.2, -0.15) is 5.10 Å². The van der Waals surface area contributed by atoms with E-state index < -0.39 is 5.82 Å². The molecule has 3 N–H and O–H groups in total. The molecule has 2 atom stereocenters. The number of rotatable bonds is 3. The largest absolute Gasteiger partial charge is 0.328 e. The third kappa shape index (κ3) is 4.43. The van der Waals surface area contributed by atoms with Gasteiger partial charge in [-0.25, -0.2) is 9.07 Å². The number of nitrogens with zero attached hydrogens (tertiary/aromatic N) is 2. The highest BCUT2D eigenvalue weighted by Gasteiger charge is 2.27. The molecule has 1 saturated carbocycles. The molecule has 2 unspecified atom stereocenters. The zero-order valence-corrected chi connectivity index (χ0v) is 13.9. The summed E-state index contributed by atoms with van der Waals surface area (Å²) in [5.41, 5.74) is 6.61. The quantitative estimate of drug-likeness (QED) is 0.883. The average molecular weight is 361 g/mol. The van der Waals surface area contributed by atoms with Crippen LogP contribution in [0.15, 0.2) is 36.7 Å². The van der Waals surface area contributed by atoms with E-state index in [2.05, 4.69) is 10.4 Å². The van der Waals surface area contributed by atoms with Crippen molar-refractivity contribution >= 4 is 36.4 Å². The molecule has 1 aromatic heterocycles. The predicted octanol–water partition coefficient (Wildman–Crippen LogP) is 2.92. The van der Waals surface area contributed by atoms with E-state index in [9.17, 15) is 9.18 Å². The van der Waals surface area contributed by atoms with Crippen LogP contribution in [0.2, 0.25) is 0 Å². The summed E-state index contributed by atoms with van der Waals surface area (Å²) in [6.07, 6.45) is 5.60. The van der Waals surface area contributed by atoms with E-state index in [1.807, 2.05) is 0 Å². The molecule has 5 nitrogen and oxygen atoms in total. The van der Waals surface area contributed by atoms with Gasteiger partial charge in [-0.05, 0) is 43.5 Å². The Hall–Kier alpha value is -1.63. The fourth-order valence-corrected chi connectivity index (χ4v) is 2.68. The van der Waals surface area contributed by atoms with E-state index in [1.54, 1.807) is 30.6 Å². The molecule has 1 fully saturated rings. The van der Waals surface area contributed by atoms with Crippen LogP contribution in [0.1, 0.15) is 19.3 Å². The molecule has 0 radical (unpaired) electrons. The van der Waals surface area contributed by atoms with E-state index in [-0.39, 0.29) is 42.7 Å². The predicted molar refractivity (Wildman–Crippen MR) is 92.0 cm³/mol. The Morgan fingerprint density at radius 3 is 2.70 bits per heavy atom. The number of aromatic nitrogens is 2. The second-order valence-corrected chi connectivity index (χ2v) is 5.38. The van der Waals surface area contributed by atoms with Gasteiger partial charge >= 0.3 is 0 Å². The van der Waals surface area contributed by atoms with E-state index >= 15 is 0 Å². The SMILES string of the molecule is Cl.Cl.NC1CCC(C(=O)Nc2ccc(-n3cccn3)c(F)c2)C1. The van der Waals surface area contributed by atoms with Crippen molar-refractivity contribution in [2.75, 3.05) is 5.32 Å². The number of anilines is 1. The van der Waals surface area contributed by atoms with Crippen molar-refractivity contribution in [1.29, 1.82) is 0 Å². The van der Waals surface area contributed by atoms with Gasteiger partial charge in [-0.1, -0.05) is 0 Å².